The summed E-state index contributed by atoms with van der Waals surface area (Å²) in [5.41, 5.74) is 2.37. The smallest absolute Gasteiger partial charge is 0.265 e. The van der Waals surface area contributed by atoms with Gasteiger partial charge in [-0.1, -0.05) is 23.4 Å². The number of hydrogen-bond acceptors (Lipinski definition) is 5. The summed E-state index contributed by atoms with van der Waals surface area (Å²) in [6, 6.07) is 15.1. The molecule has 0 atom stereocenters. The molecule has 6 heteroatoms. The van der Waals surface area contributed by atoms with Gasteiger partial charge in [-0.25, -0.2) is 0 Å². The van der Waals surface area contributed by atoms with Gasteiger partial charge in [-0.15, -0.1) is 0 Å². The van der Waals surface area contributed by atoms with Crippen molar-refractivity contribution in [3.8, 4) is 28.6 Å². The lowest BCUT2D eigenvalue weighted by Crippen LogP contribution is -2.38. The van der Waals surface area contributed by atoms with Gasteiger partial charge in [0, 0.05) is 17.7 Å². The van der Waals surface area contributed by atoms with Gasteiger partial charge in [0.15, 0.2) is 6.61 Å². The molecule has 1 aromatic heterocycles. The first kappa shape index (κ1) is 14.4. The number of carbonyl (C=O) groups excluding carboxylic acids is 1. The fraction of sp³-hybridized carbons (Fsp3) is 0.167. The molecule has 0 N–H and O–H groups in total. The van der Waals surface area contributed by atoms with E-state index < -0.39 is 0 Å². The van der Waals surface area contributed by atoms with Crippen LogP contribution in [0.1, 0.15) is 6.92 Å². The minimum absolute atomic E-state index is 0.0553. The molecule has 120 valence electrons. The predicted molar refractivity (Wildman–Crippen MR) is 88.7 cm³/mol. The highest BCUT2D eigenvalue weighted by Crippen LogP contribution is 2.35. The second kappa shape index (κ2) is 5.81. The molecule has 0 bridgehead atoms. The van der Waals surface area contributed by atoms with Crippen LogP contribution in [0.5, 0.6) is 5.75 Å². The number of benzene rings is 2. The number of amides is 1. The van der Waals surface area contributed by atoms with Crippen LogP contribution in [0, 0.1) is 0 Å². The third-order valence-corrected chi connectivity index (χ3v) is 3.92. The van der Waals surface area contributed by atoms with Crippen LogP contribution in [0.25, 0.3) is 22.8 Å². The topological polar surface area (TPSA) is 68.5 Å². The van der Waals surface area contributed by atoms with Gasteiger partial charge in [-0.3, -0.25) is 4.79 Å². The molecular formula is C18H15N3O3. The largest absolute Gasteiger partial charge is 0.482 e. The molecule has 0 unspecified atom stereocenters. The van der Waals surface area contributed by atoms with Gasteiger partial charge < -0.3 is 14.2 Å². The van der Waals surface area contributed by atoms with Gasteiger partial charge in [0.05, 0.1) is 5.69 Å². The van der Waals surface area contributed by atoms with Crippen LogP contribution < -0.4 is 9.64 Å². The molecule has 1 amide bonds. The summed E-state index contributed by atoms with van der Waals surface area (Å²) in [6.45, 7) is 2.59. The molecule has 3 aromatic rings. The highest BCUT2D eigenvalue weighted by molar-refractivity contribution is 5.98. The first-order valence-corrected chi connectivity index (χ1v) is 7.73. The van der Waals surface area contributed by atoms with Crippen LogP contribution in [0.4, 0.5) is 5.69 Å². The fourth-order valence-electron chi connectivity index (χ4n) is 2.73. The van der Waals surface area contributed by atoms with Crippen LogP contribution in [0.2, 0.25) is 0 Å². The Labute approximate surface area is 138 Å². The van der Waals surface area contributed by atoms with E-state index in [1.807, 2.05) is 55.5 Å². The number of anilines is 1. The molecule has 6 nitrogen and oxygen atoms in total. The first-order chi connectivity index (χ1) is 11.8. The number of ether oxygens (including phenoxy) is 1. The van der Waals surface area contributed by atoms with E-state index in [1.54, 1.807) is 4.90 Å². The normalized spacial score (nSPS) is 13.5. The van der Waals surface area contributed by atoms with E-state index in [-0.39, 0.29) is 12.5 Å². The molecule has 0 fully saturated rings. The number of nitrogens with zero attached hydrogens (tertiary/aromatic N) is 3. The van der Waals surface area contributed by atoms with Crippen LogP contribution in [-0.2, 0) is 4.79 Å². The Bertz CT molecular complexity index is 890. The third kappa shape index (κ3) is 2.42. The zero-order chi connectivity index (χ0) is 16.5. The van der Waals surface area contributed by atoms with Crippen LogP contribution in [0.3, 0.4) is 0 Å². The van der Waals surface area contributed by atoms with Crippen molar-refractivity contribution in [1.82, 2.24) is 10.1 Å². The fourth-order valence-corrected chi connectivity index (χ4v) is 2.73. The summed E-state index contributed by atoms with van der Waals surface area (Å²) in [5.74, 6) is 1.57. The average molecular weight is 321 g/mol. The second-order valence-corrected chi connectivity index (χ2v) is 5.40. The van der Waals surface area contributed by atoms with Crippen molar-refractivity contribution >= 4 is 11.6 Å². The Morgan fingerprint density at radius 3 is 2.75 bits per heavy atom. The monoisotopic (exact) mass is 321 g/mol. The highest BCUT2D eigenvalue weighted by Gasteiger charge is 2.25. The Morgan fingerprint density at radius 2 is 1.96 bits per heavy atom. The van der Waals surface area contributed by atoms with E-state index in [2.05, 4.69) is 10.1 Å². The summed E-state index contributed by atoms with van der Waals surface area (Å²) in [4.78, 5) is 18.1. The Kier molecular flexibility index (Phi) is 3.49. The minimum Gasteiger partial charge on any atom is -0.482 e. The molecule has 0 aliphatic carbocycles. The Hall–Kier alpha value is -3.15. The molecule has 1 aliphatic heterocycles. The SMILES string of the molecule is CCN1C(=O)COc2ccc(-c3noc(-c4ccccc4)n3)cc21. The van der Waals surface area contributed by atoms with E-state index in [0.29, 0.717) is 24.0 Å². The van der Waals surface area contributed by atoms with E-state index in [4.69, 9.17) is 9.26 Å². The van der Waals surface area contributed by atoms with Crippen molar-refractivity contribution in [2.75, 3.05) is 18.1 Å². The van der Waals surface area contributed by atoms with Crippen molar-refractivity contribution in [2.45, 2.75) is 6.92 Å². The molecule has 0 radical (unpaired) electrons. The lowest BCUT2D eigenvalue weighted by molar-refractivity contribution is -0.121. The van der Waals surface area contributed by atoms with Crippen molar-refractivity contribution in [3.63, 3.8) is 0 Å². The predicted octanol–water partition coefficient (Wildman–Crippen LogP) is 3.15. The molecule has 2 heterocycles. The number of rotatable bonds is 3. The zero-order valence-corrected chi connectivity index (χ0v) is 13.1. The van der Waals surface area contributed by atoms with E-state index >= 15 is 0 Å². The van der Waals surface area contributed by atoms with Crippen molar-refractivity contribution in [3.05, 3.63) is 48.5 Å². The van der Waals surface area contributed by atoms with Gasteiger partial charge in [-0.05, 0) is 37.3 Å². The van der Waals surface area contributed by atoms with Gasteiger partial charge in [0.1, 0.15) is 5.75 Å². The maximum Gasteiger partial charge on any atom is 0.265 e. The summed E-state index contributed by atoms with van der Waals surface area (Å²) >= 11 is 0. The maximum absolute atomic E-state index is 12.0. The second-order valence-electron chi connectivity index (χ2n) is 5.40. The van der Waals surface area contributed by atoms with Crippen molar-refractivity contribution in [1.29, 1.82) is 0 Å². The molecule has 4 rings (SSSR count). The van der Waals surface area contributed by atoms with Crippen LogP contribution in [0.15, 0.2) is 53.1 Å². The minimum atomic E-state index is -0.0553. The van der Waals surface area contributed by atoms with Gasteiger partial charge >= 0.3 is 0 Å². The molecule has 0 saturated carbocycles. The molecule has 1 aliphatic rings. The molecule has 0 saturated heterocycles. The van der Waals surface area contributed by atoms with Crippen LogP contribution in [-0.4, -0.2) is 29.2 Å². The van der Waals surface area contributed by atoms with E-state index in [0.717, 1.165) is 16.8 Å². The van der Waals surface area contributed by atoms with E-state index in [1.165, 1.54) is 0 Å². The van der Waals surface area contributed by atoms with Gasteiger partial charge in [0.2, 0.25) is 5.82 Å². The summed E-state index contributed by atoms with van der Waals surface area (Å²) < 4.78 is 10.8. The third-order valence-electron chi connectivity index (χ3n) is 3.92. The highest BCUT2D eigenvalue weighted by atomic mass is 16.5. The standard InChI is InChI=1S/C18H15N3O3/c1-2-21-14-10-13(8-9-15(14)23-11-16(21)22)17-19-18(24-20-17)12-6-4-3-5-7-12/h3-10H,2,11H2,1H3. The van der Waals surface area contributed by atoms with Gasteiger partial charge in [0.25, 0.3) is 11.8 Å². The molecular weight excluding hydrogens is 306 g/mol. The number of fused-ring (bicyclic) bond motifs is 1. The van der Waals surface area contributed by atoms with Crippen molar-refractivity contribution < 1.29 is 14.1 Å². The Balaban J connectivity index is 1.72. The molecule has 24 heavy (non-hydrogen) atoms. The summed E-state index contributed by atoms with van der Waals surface area (Å²) in [6.07, 6.45) is 0. The number of hydrogen-bond donors (Lipinski definition) is 0. The molecule has 2 aromatic carbocycles. The molecule has 0 spiro atoms. The van der Waals surface area contributed by atoms with Crippen LogP contribution >= 0.6 is 0 Å². The summed E-state index contributed by atoms with van der Waals surface area (Å²) in [7, 11) is 0. The summed E-state index contributed by atoms with van der Waals surface area (Å²) in [5, 5.41) is 4.05. The quantitative estimate of drug-likeness (QED) is 0.741. The van der Waals surface area contributed by atoms with Crippen molar-refractivity contribution in [2.24, 2.45) is 0 Å². The number of carbonyl (C=O) groups is 1. The lowest BCUT2D eigenvalue weighted by atomic mass is 10.1. The number of aromatic nitrogens is 2. The number of likely N-dealkylation sites (N-methyl/N-ethyl adjacent to an activating group) is 1. The maximum atomic E-state index is 12.0. The zero-order valence-electron chi connectivity index (χ0n) is 13.1. The first-order valence-electron chi connectivity index (χ1n) is 7.73. The average Bonchev–Trinajstić information content (AvgIpc) is 3.12. The lowest BCUT2D eigenvalue weighted by Gasteiger charge is -2.28. The Morgan fingerprint density at radius 1 is 1.12 bits per heavy atom. The van der Waals surface area contributed by atoms with E-state index in [9.17, 15) is 4.79 Å². The van der Waals surface area contributed by atoms with Gasteiger partial charge in [-0.2, -0.15) is 4.98 Å².